The molecule has 0 aliphatic carbocycles. The van der Waals surface area contributed by atoms with Crippen LogP contribution in [0.4, 0.5) is 5.69 Å². The number of aryl methyl sites for hydroxylation is 2. The molecule has 2 heterocycles. The minimum Gasteiger partial charge on any atom is -0.361 e. The Balaban J connectivity index is 1.80. The molecular weight excluding hydrogens is 284 g/mol. The van der Waals surface area contributed by atoms with Crippen LogP contribution in [0.2, 0.25) is 0 Å². The smallest absolute Gasteiger partial charge is 0.265 e. The molecule has 1 amide bonds. The molecular formula is C16H14N2O2S. The molecule has 0 bridgehead atoms. The van der Waals surface area contributed by atoms with Crippen molar-refractivity contribution in [2.45, 2.75) is 13.8 Å². The number of benzene rings is 1. The number of hydrogen-bond donors (Lipinski definition) is 1. The van der Waals surface area contributed by atoms with E-state index in [-0.39, 0.29) is 5.91 Å². The SMILES string of the molecule is Cc1noc(C)c1-c1ccc(NC(=O)c2cccs2)cc1. The molecule has 5 heteroatoms. The van der Waals surface area contributed by atoms with E-state index in [4.69, 9.17) is 4.52 Å². The zero-order chi connectivity index (χ0) is 14.8. The van der Waals surface area contributed by atoms with E-state index in [9.17, 15) is 4.79 Å². The Hall–Kier alpha value is -2.40. The molecule has 0 saturated heterocycles. The Kier molecular flexibility index (Phi) is 3.58. The molecule has 3 aromatic rings. The van der Waals surface area contributed by atoms with E-state index in [1.807, 2.05) is 49.6 Å². The summed E-state index contributed by atoms with van der Waals surface area (Å²) in [6.07, 6.45) is 0. The number of nitrogens with one attached hydrogen (secondary N) is 1. The highest BCUT2D eigenvalue weighted by Crippen LogP contribution is 2.27. The summed E-state index contributed by atoms with van der Waals surface area (Å²) in [5.41, 5.74) is 3.67. The zero-order valence-corrected chi connectivity index (χ0v) is 12.5. The van der Waals surface area contributed by atoms with Crippen LogP contribution >= 0.6 is 11.3 Å². The van der Waals surface area contributed by atoms with Gasteiger partial charge in [-0.2, -0.15) is 0 Å². The molecule has 2 aromatic heterocycles. The van der Waals surface area contributed by atoms with Crippen LogP contribution in [-0.4, -0.2) is 11.1 Å². The molecule has 0 fully saturated rings. The van der Waals surface area contributed by atoms with Crippen LogP contribution in [0.25, 0.3) is 11.1 Å². The van der Waals surface area contributed by atoms with Crippen LogP contribution in [0.3, 0.4) is 0 Å². The second kappa shape index (κ2) is 5.54. The average molecular weight is 298 g/mol. The standard InChI is InChI=1S/C16H14N2O2S/c1-10-15(11(2)20-18-10)12-5-7-13(8-6-12)17-16(19)14-4-3-9-21-14/h3-9H,1-2H3,(H,17,19). The summed E-state index contributed by atoms with van der Waals surface area (Å²) < 4.78 is 5.18. The monoisotopic (exact) mass is 298 g/mol. The van der Waals surface area contributed by atoms with E-state index in [0.717, 1.165) is 28.3 Å². The van der Waals surface area contributed by atoms with Crippen LogP contribution in [0.5, 0.6) is 0 Å². The van der Waals surface area contributed by atoms with Crippen molar-refractivity contribution in [3.8, 4) is 11.1 Å². The third-order valence-electron chi connectivity index (χ3n) is 3.21. The summed E-state index contributed by atoms with van der Waals surface area (Å²) in [5.74, 6) is 0.706. The highest BCUT2D eigenvalue weighted by atomic mass is 32.1. The Morgan fingerprint density at radius 2 is 1.95 bits per heavy atom. The first-order valence-corrected chi connectivity index (χ1v) is 7.41. The van der Waals surface area contributed by atoms with Crippen molar-refractivity contribution in [2.24, 2.45) is 0 Å². The van der Waals surface area contributed by atoms with Crippen LogP contribution in [-0.2, 0) is 0 Å². The maximum Gasteiger partial charge on any atom is 0.265 e. The second-order valence-electron chi connectivity index (χ2n) is 4.71. The molecule has 21 heavy (non-hydrogen) atoms. The fraction of sp³-hybridized carbons (Fsp3) is 0.125. The molecule has 0 spiro atoms. The van der Waals surface area contributed by atoms with Crippen molar-refractivity contribution in [1.82, 2.24) is 5.16 Å². The number of hydrogen-bond acceptors (Lipinski definition) is 4. The van der Waals surface area contributed by atoms with Crippen molar-refractivity contribution in [3.05, 3.63) is 58.1 Å². The third-order valence-corrected chi connectivity index (χ3v) is 4.08. The lowest BCUT2D eigenvalue weighted by molar-refractivity contribution is 0.103. The van der Waals surface area contributed by atoms with Crippen molar-refractivity contribution < 1.29 is 9.32 Å². The maximum atomic E-state index is 12.0. The molecule has 0 aliphatic rings. The average Bonchev–Trinajstić information content (AvgIpc) is 3.11. The number of carbonyl (C=O) groups excluding carboxylic acids is 1. The first-order valence-electron chi connectivity index (χ1n) is 6.53. The molecule has 106 valence electrons. The van der Waals surface area contributed by atoms with Gasteiger partial charge >= 0.3 is 0 Å². The zero-order valence-electron chi connectivity index (χ0n) is 11.7. The number of rotatable bonds is 3. The number of amides is 1. The van der Waals surface area contributed by atoms with Gasteiger partial charge in [0.15, 0.2) is 0 Å². The highest BCUT2D eigenvalue weighted by Gasteiger charge is 2.12. The fourth-order valence-electron chi connectivity index (χ4n) is 2.22. The lowest BCUT2D eigenvalue weighted by atomic mass is 10.0. The molecule has 4 nitrogen and oxygen atoms in total. The van der Waals surface area contributed by atoms with Gasteiger partial charge in [0.2, 0.25) is 0 Å². The topological polar surface area (TPSA) is 55.1 Å². The minimum absolute atomic E-state index is 0.0879. The number of carbonyl (C=O) groups is 1. The number of thiophene rings is 1. The molecule has 1 aromatic carbocycles. The maximum absolute atomic E-state index is 12.0. The van der Waals surface area contributed by atoms with Gasteiger partial charge in [0, 0.05) is 11.3 Å². The molecule has 0 saturated carbocycles. The van der Waals surface area contributed by atoms with Gasteiger partial charge < -0.3 is 9.84 Å². The summed E-state index contributed by atoms with van der Waals surface area (Å²) in [7, 11) is 0. The predicted molar refractivity (Wildman–Crippen MR) is 83.7 cm³/mol. The summed E-state index contributed by atoms with van der Waals surface area (Å²) in [6.45, 7) is 3.81. The Morgan fingerprint density at radius 3 is 2.52 bits per heavy atom. The van der Waals surface area contributed by atoms with Crippen molar-refractivity contribution in [1.29, 1.82) is 0 Å². The first kappa shape index (κ1) is 13.6. The van der Waals surface area contributed by atoms with Gasteiger partial charge in [0.25, 0.3) is 5.91 Å². The fourth-order valence-corrected chi connectivity index (χ4v) is 2.83. The summed E-state index contributed by atoms with van der Waals surface area (Å²) in [5, 5.41) is 8.72. The van der Waals surface area contributed by atoms with Gasteiger partial charge in [0.1, 0.15) is 5.76 Å². The van der Waals surface area contributed by atoms with Crippen LogP contribution in [0.1, 0.15) is 21.1 Å². The predicted octanol–water partition coefficient (Wildman–Crippen LogP) is 4.27. The van der Waals surface area contributed by atoms with E-state index < -0.39 is 0 Å². The number of aromatic nitrogens is 1. The van der Waals surface area contributed by atoms with E-state index in [1.165, 1.54) is 11.3 Å². The van der Waals surface area contributed by atoms with Crippen molar-refractivity contribution in [3.63, 3.8) is 0 Å². The number of nitrogens with zero attached hydrogens (tertiary/aromatic N) is 1. The van der Waals surface area contributed by atoms with E-state index in [0.29, 0.717) is 4.88 Å². The van der Waals surface area contributed by atoms with E-state index in [1.54, 1.807) is 6.07 Å². The Morgan fingerprint density at radius 1 is 1.19 bits per heavy atom. The van der Waals surface area contributed by atoms with Gasteiger partial charge in [-0.15, -0.1) is 11.3 Å². The lowest BCUT2D eigenvalue weighted by Gasteiger charge is -2.05. The summed E-state index contributed by atoms with van der Waals surface area (Å²) in [4.78, 5) is 12.7. The highest BCUT2D eigenvalue weighted by molar-refractivity contribution is 7.12. The molecule has 0 unspecified atom stereocenters. The Bertz CT molecular complexity index is 739. The van der Waals surface area contributed by atoms with E-state index >= 15 is 0 Å². The van der Waals surface area contributed by atoms with Gasteiger partial charge in [-0.05, 0) is 43.0 Å². The van der Waals surface area contributed by atoms with Crippen molar-refractivity contribution in [2.75, 3.05) is 5.32 Å². The van der Waals surface area contributed by atoms with Gasteiger partial charge in [0.05, 0.1) is 10.6 Å². The normalized spacial score (nSPS) is 10.6. The van der Waals surface area contributed by atoms with Crippen LogP contribution in [0.15, 0.2) is 46.3 Å². The quantitative estimate of drug-likeness (QED) is 0.785. The first-order chi connectivity index (χ1) is 10.1. The molecule has 0 atom stereocenters. The molecule has 0 radical (unpaired) electrons. The van der Waals surface area contributed by atoms with Gasteiger partial charge in [-0.25, -0.2) is 0 Å². The van der Waals surface area contributed by atoms with Crippen LogP contribution in [0, 0.1) is 13.8 Å². The largest absolute Gasteiger partial charge is 0.361 e. The molecule has 0 aliphatic heterocycles. The van der Waals surface area contributed by atoms with Crippen molar-refractivity contribution >= 4 is 22.9 Å². The summed E-state index contributed by atoms with van der Waals surface area (Å²) in [6, 6.07) is 11.3. The minimum atomic E-state index is -0.0879. The number of anilines is 1. The molecule has 1 N–H and O–H groups in total. The Labute approximate surface area is 126 Å². The molecule has 3 rings (SSSR count). The third kappa shape index (κ3) is 2.73. The summed E-state index contributed by atoms with van der Waals surface area (Å²) >= 11 is 1.42. The van der Waals surface area contributed by atoms with Crippen LogP contribution < -0.4 is 5.32 Å². The lowest BCUT2D eigenvalue weighted by Crippen LogP contribution is -2.09. The second-order valence-corrected chi connectivity index (χ2v) is 5.66. The van der Waals surface area contributed by atoms with Gasteiger partial charge in [-0.3, -0.25) is 4.79 Å². The van der Waals surface area contributed by atoms with E-state index in [2.05, 4.69) is 10.5 Å². The van der Waals surface area contributed by atoms with Gasteiger partial charge in [-0.1, -0.05) is 23.4 Å².